The van der Waals surface area contributed by atoms with Crippen LogP contribution in [-0.4, -0.2) is 23.7 Å². The second-order valence-electron chi connectivity index (χ2n) is 7.76. The van der Waals surface area contributed by atoms with Gasteiger partial charge in [-0.15, -0.1) is 0 Å². The minimum Gasteiger partial charge on any atom is -0.370 e. The predicted molar refractivity (Wildman–Crippen MR) is 78.6 cm³/mol. The maximum Gasteiger partial charge on any atom is 0.254 e. The molecule has 0 amide bonds. The third kappa shape index (κ3) is 2.30. The monoisotopic (exact) mass is 344 g/mol. The molecule has 1 aromatic carbocycles. The van der Waals surface area contributed by atoms with Gasteiger partial charge in [-0.1, -0.05) is 13.0 Å². The Balaban J connectivity index is 1.48. The van der Waals surface area contributed by atoms with Crippen molar-refractivity contribution in [2.24, 2.45) is 11.3 Å². The fourth-order valence-corrected chi connectivity index (χ4v) is 4.15. The quantitative estimate of drug-likeness (QED) is 0.594. The Morgan fingerprint density at radius 1 is 1.17 bits per heavy atom. The number of alkyl halides is 2. The van der Waals surface area contributed by atoms with Crippen LogP contribution in [0.5, 0.6) is 0 Å². The summed E-state index contributed by atoms with van der Waals surface area (Å²) in [5, 5.41) is 0. The summed E-state index contributed by atoms with van der Waals surface area (Å²) < 4.78 is 66.3. The average Bonchev–Trinajstić information content (AvgIpc) is 3.31. The summed E-state index contributed by atoms with van der Waals surface area (Å²) >= 11 is 0. The van der Waals surface area contributed by atoms with E-state index < -0.39 is 34.7 Å². The lowest BCUT2D eigenvalue weighted by Gasteiger charge is -2.34. The van der Waals surface area contributed by atoms with Crippen LogP contribution in [0.2, 0.25) is 0 Å². The van der Waals surface area contributed by atoms with Crippen LogP contribution in [0, 0.1) is 23.0 Å². The summed E-state index contributed by atoms with van der Waals surface area (Å²) in [4.78, 5) is 0. The topological polar surface area (TPSA) is 21.8 Å². The summed E-state index contributed by atoms with van der Waals surface area (Å²) in [5.41, 5.74) is -1.67. The molecule has 132 valence electrons. The van der Waals surface area contributed by atoms with Crippen molar-refractivity contribution in [3.8, 4) is 0 Å². The average molecular weight is 344 g/mol. The number of halogens is 4. The number of ether oxygens (including phenoxy) is 2. The third-order valence-corrected chi connectivity index (χ3v) is 6.31. The minimum atomic E-state index is -2.64. The fraction of sp³-hybridized carbons (Fsp3) is 0.667. The van der Waals surface area contributed by atoms with Gasteiger partial charge in [0.05, 0.1) is 18.8 Å². The summed E-state index contributed by atoms with van der Waals surface area (Å²) in [6, 6.07) is 3.65. The number of rotatable bonds is 4. The number of benzene rings is 1. The molecule has 1 aliphatic heterocycles. The van der Waals surface area contributed by atoms with Crippen molar-refractivity contribution in [3.63, 3.8) is 0 Å². The largest absolute Gasteiger partial charge is 0.370 e. The molecule has 0 radical (unpaired) electrons. The van der Waals surface area contributed by atoms with Crippen LogP contribution in [0.15, 0.2) is 18.2 Å². The molecule has 0 spiro atoms. The molecule has 4 rings (SSSR count). The molecule has 0 bridgehead atoms. The van der Waals surface area contributed by atoms with Crippen molar-refractivity contribution in [1.82, 2.24) is 0 Å². The molecule has 5 atom stereocenters. The van der Waals surface area contributed by atoms with Gasteiger partial charge in [-0.2, -0.15) is 0 Å². The van der Waals surface area contributed by atoms with Gasteiger partial charge in [0.1, 0.15) is 17.2 Å². The van der Waals surface area contributed by atoms with E-state index in [0.717, 1.165) is 0 Å². The zero-order valence-electron chi connectivity index (χ0n) is 13.6. The Hall–Kier alpha value is -1.14. The van der Waals surface area contributed by atoms with Crippen LogP contribution in [-0.2, 0) is 16.1 Å². The molecule has 1 aromatic rings. The van der Waals surface area contributed by atoms with Crippen molar-refractivity contribution in [2.75, 3.05) is 0 Å². The highest BCUT2D eigenvalue weighted by molar-refractivity contribution is 5.20. The van der Waals surface area contributed by atoms with Crippen LogP contribution >= 0.6 is 0 Å². The van der Waals surface area contributed by atoms with Gasteiger partial charge in [-0.3, -0.25) is 0 Å². The normalized spacial score (nSPS) is 42.5. The second kappa shape index (κ2) is 4.94. The van der Waals surface area contributed by atoms with Crippen LogP contribution in [0.4, 0.5) is 17.6 Å². The van der Waals surface area contributed by atoms with Crippen molar-refractivity contribution in [2.45, 2.75) is 63.4 Å². The molecule has 6 heteroatoms. The Labute approximate surface area is 138 Å². The van der Waals surface area contributed by atoms with Crippen LogP contribution in [0.1, 0.15) is 38.7 Å². The van der Waals surface area contributed by atoms with Gasteiger partial charge in [0.15, 0.2) is 0 Å². The molecule has 0 aromatic heterocycles. The van der Waals surface area contributed by atoms with E-state index in [9.17, 15) is 17.6 Å². The van der Waals surface area contributed by atoms with E-state index in [1.165, 1.54) is 18.2 Å². The van der Waals surface area contributed by atoms with E-state index in [4.69, 9.17) is 9.47 Å². The number of fused-ring (bicyclic) bond motifs is 1. The van der Waals surface area contributed by atoms with Gasteiger partial charge < -0.3 is 9.47 Å². The van der Waals surface area contributed by atoms with E-state index in [-0.39, 0.29) is 30.6 Å². The van der Waals surface area contributed by atoms with Gasteiger partial charge in [0.25, 0.3) is 5.92 Å². The summed E-state index contributed by atoms with van der Waals surface area (Å²) in [5.74, 6) is -4.17. The van der Waals surface area contributed by atoms with Crippen LogP contribution in [0.25, 0.3) is 0 Å². The molecule has 5 unspecified atom stereocenters. The molecule has 24 heavy (non-hydrogen) atoms. The van der Waals surface area contributed by atoms with Gasteiger partial charge in [-0.05, 0) is 37.8 Å². The van der Waals surface area contributed by atoms with Crippen LogP contribution < -0.4 is 0 Å². The first-order chi connectivity index (χ1) is 11.2. The summed E-state index contributed by atoms with van der Waals surface area (Å²) in [6.45, 7) is 3.26. The first kappa shape index (κ1) is 16.3. The summed E-state index contributed by atoms with van der Waals surface area (Å²) in [6.07, 6.45) is 0.363. The zero-order valence-corrected chi connectivity index (χ0v) is 13.6. The van der Waals surface area contributed by atoms with Gasteiger partial charge in [-0.25, -0.2) is 17.6 Å². The Morgan fingerprint density at radius 3 is 2.38 bits per heavy atom. The van der Waals surface area contributed by atoms with E-state index in [1.54, 1.807) is 6.92 Å². The molecule has 2 saturated carbocycles. The van der Waals surface area contributed by atoms with Gasteiger partial charge in [0.2, 0.25) is 0 Å². The predicted octanol–water partition coefficient (Wildman–Crippen LogP) is 4.46. The maximum absolute atomic E-state index is 13.7. The van der Waals surface area contributed by atoms with Crippen molar-refractivity contribution >= 4 is 0 Å². The lowest BCUT2D eigenvalue weighted by Crippen LogP contribution is -2.41. The maximum atomic E-state index is 13.7. The number of epoxide rings is 1. The Bertz CT molecular complexity index is 659. The van der Waals surface area contributed by atoms with Crippen molar-refractivity contribution < 1.29 is 27.0 Å². The van der Waals surface area contributed by atoms with Crippen LogP contribution in [0.3, 0.4) is 0 Å². The highest BCUT2D eigenvalue weighted by Gasteiger charge is 2.74. The van der Waals surface area contributed by atoms with E-state index >= 15 is 0 Å². The fourth-order valence-electron chi connectivity index (χ4n) is 4.15. The highest BCUT2D eigenvalue weighted by atomic mass is 19.3. The third-order valence-electron chi connectivity index (χ3n) is 6.31. The number of hydrogen-bond acceptors (Lipinski definition) is 2. The molecule has 3 fully saturated rings. The summed E-state index contributed by atoms with van der Waals surface area (Å²) in [7, 11) is 0. The van der Waals surface area contributed by atoms with E-state index in [1.807, 2.05) is 6.92 Å². The lowest BCUT2D eigenvalue weighted by molar-refractivity contribution is -0.0462. The number of hydrogen-bond donors (Lipinski definition) is 0. The molecule has 2 nitrogen and oxygen atoms in total. The second-order valence-corrected chi connectivity index (χ2v) is 7.76. The van der Waals surface area contributed by atoms with Crippen molar-refractivity contribution in [3.05, 3.63) is 35.4 Å². The molecule has 0 N–H and O–H groups in total. The van der Waals surface area contributed by atoms with Gasteiger partial charge >= 0.3 is 0 Å². The molecule has 3 aliphatic rings. The first-order valence-electron chi connectivity index (χ1n) is 8.27. The smallest absolute Gasteiger partial charge is 0.254 e. The molecule has 1 saturated heterocycles. The van der Waals surface area contributed by atoms with Crippen molar-refractivity contribution in [1.29, 1.82) is 0 Å². The highest BCUT2D eigenvalue weighted by Crippen LogP contribution is 2.69. The minimum absolute atomic E-state index is 0.108. The Kier molecular flexibility index (Phi) is 3.37. The first-order valence-corrected chi connectivity index (χ1v) is 8.27. The van der Waals surface area contributed by atoms with Gasteiger partial charge in [0, 0.05) is 17.4 Å². The SMILES string of the molecule is CC12OC1CC(C1(C)CC1(F)F)CC2OCc1c(F)cccc1F. The standard InChI is InChI=1S/C18H20F4O2/c1-16(9-18(16,21)22)10-6-14(17(2)15(7-10)24-17)23-8-11-12(19)4-3-5-13(11)20/h3-5,10,14-15H,6-9H2,1-2H3. The molecular formula is C18H20F4O2. The van der Waals surface area contributed by atoms with E-state index in [0.29, 0.717) is 12.8 Å². The van der Waals surface area contributed by atoms with E-state index in [2.05, 4.69) is 0 Å². The Morgan fingerprint density at radius 2 is 1.79 bits per heavy atom. The molecule has 2 aliphatic carbocycles. The molecular weight excluding hydrogens is 324 g/mol. The lowest BCUT2D eigenvalue weighted by atomic mass is 9.73. The zero-order chi connectivity index (χ0) is 17.3. The molecule has 1 heterocycles.